The van der Waals surface area contributed by atoms with Crippen LogP contribution < -0.4 is 5.73 Å². The molecule has 2 N–H and O–H groups in total. The lowest BCUT2D eigenvalue weighted by Gasteiger charge is -2.21. The van der Waals surface area contributed by atoms with Gasteiger partial charge in [0.1, 0.15) is 15.7 Å². The van der Waals surface area contributed by atoms with Crippen LogP contribution >= 0.6 is 0 Å². The minimum absolute atomic E-state index is 0.290. The molecule has 0 aliphatic carbocycles. The van der Waals surface area contributed by atoms with E-state index in [2.05, 4.69) is 10.2 Å². The van der Waals surface area contributed by atoms with Crippen molar-refractivity contribution in [1.29, 1.82) is 0 Å². The fourth-order valence-corrected chi connectivity index (χ4v) is 4.35. The summed E-state index contributed by atoms with van der Waals surface area (Å²) in [6.07, 6.45) is 2.18. The maximum Gasteiger partial charge on any atom is 0.161 e. The van der Waals surface area contributed by atoms with E-state index in [1.165, 1.54) is 0 Å². The summed E-state index contributed by atoms with van der Waals surface area (Å²) in [5.74, 6) is 1.82. The second-order valence-electron chi connectivity index (χ2n) is 5.33. The fraction of sp³-hybridized carbons (Fsp3) is 0.538. The largest absolute Gasteiger partial charge is 0.325 e. The van der Waals surface area contributed by atoms with Gasteiger partial charge in [-0.05, 0) is 30.9 Å². The first kappa shape index (κ1) is 13.5. The number of aromatic nitrogens is 3. The Morgan fingerprint density at radius 1 is 1.25 bits per heavy atom. The molecule has 3 rings (SSSR count). The van der Waals surface area contributed by atoms with E-state index in [1.54, 1.807) is 0 Å². The lowest BCUT2D eigenvalue weighted by molar-refractivity contribution is 0.452. The normalized spacial score (nSPS) is 19.4. The standard InChI is InChI=1S/C13H18N4O2S/c14-9-11-2-1-3-12-15-16-13(17(11)12)8-10-4-6-20(18,19)7-5-10/h1-3,10H,4-9,14H2. The molecule has 0 saturated carbocycles. The van der Waals surface area contributed by atoms with Crippen molar-refractivity contribution >= 4 is 15.5 Å². The number of pyridine rings is 1. The number of fused-ring (bicyclic) bond motifs is 1. The van der Waals surface area contributed by atoms with Crippen molar-refractivity contribution < 1.29 is 8.42 Å². The lowest BCUT2D eigenvalue weighted by atomic mass is 9.98. The Balaban J connectivity index is 1.85. The van der Waals surface area contributed by atoms with Gasteiger partial charge >= 0.3 is 0 Å². The Morgan fingerprint density at radius 3 is 2.70 bits per heavy atom. The molecule has 0 atom stereocenters. The van der Waals surface area contributed by atoms with Gasteiger partial charge in [0.05, 0.1) is 11.5 Å². The van der Waals surface area contributed by atoms with Gasteiger partial charge in [-0.2, -0.15) is 0 Å². The molecule has 1 saturated heterocycles. The first-order valence-electron chi connectivity index (χ1n) is 6.81. The zero-order valence-corrected chi connectivity index (χ0v) is 12.0. The van der Waals surface area contributed by atoms with E-state index in [4.69, 9.17) is 5.73 Å². The van der Waals surface area contributed by atoms with Crippen LogP contribution in [0.5, 0.6) is 0 Å². The highest BCUT2D eigenvalue weighted by molar-refractivity contribution is 7.91. The second kappa shape index (κ2) is 5.14. The van der Waals surface area contributed by atoms with Crippen LogP contribution in [0.25, 0.3) is 5.65 Å². The monoisotopic (exact) mass is 294 g/mol. The summed E-state index contributed by atoms with van der Waals surface area (Å²) in [6, 6.07) is 5.79. The molecule has 6 nitrogen and oxygen atoms in total. The molecule has 0 aromatic carbocycles. The summed E-state index contributed by atoms with van der Waals surface area (Å²) in [5.41, 5.74) is 7.53. The fourth-order valence-electron chi connectivity index (χ4n) is 2.76. The van der Waals surface area contributed by atoms with Crippen LogP contribution in [-0.4, -0.2) is 34.5 Å². The second-order valence-corrected chi connectivity index (χ2v) is 7.63. The number of hydrogen-bond acceptors (Lipinski definition) is 5. The van der Waals surface area contributed by atoms with Gasteiger partial charge in [0, 0.05) is 18.7 Å². The van der Waals surface area contributed by atoms with Crippen LogP contribution in [0, 0.1) is 5.92 Å². The van der Waals surface area contributed by atoms with E-state index in [9.17, 15) is 8.42 Å². The van der Waals surface area contributed by atoms with Gasteiger partial charge < -0.3 is 5.73 Å². The van der Waals surface area contributed by atoms with E-state index < -0.39 is 9.84 Å². The van der Waals surface area contributed by atoms with Crippen molar-refractivity contribution in [3.05, 3.63) is 29.7 Å². The van der Waals surface area contributed by atoms with Gasteiger partial charge in [-0.25, -0.2) is 8.42 Å². The zero-order chi connectivity index (χ0) is 14.2. The zero-order valence-electron chi connectivity index (χ0n) is 11.2. The minimum atomic E-state index is -2.81. The number of nitrogens with zero attached hydrogens (tertiary/aromatic N) is 3. The molecule has 1 aliphatic heterocycles. The lowest BCUT2D eigenvalue weighted by Crippen LogP contribution is -2.25. The highest BCUT2D eigenvalue weighted by Crippen LogP contribution is 2.23. The maximum absolute atomic E-state index is 11.5. The first-order chi connectivity index (χ1) is 9.59. The van der Waals surface area contributed by atoms with Crippen molar-refractivity contribution in [2.75, 3.05) is 11.5 Å². The van der Waals surface area contributed by atoms with E-state index in [0.717, 1.165) is 23.6 Å². The topological polar surface area (TPSA) is 90.3 Å². The Morgan fingerprint density at radius 2 is 2.00 bits per heavy atom. The van der Waals surface area contributed by atoms with Crippen molar-refractivity contribution in [2.24, 2.45) is 11.7 Å². The Labute approximate surface area is 117 Å². The summed E-state index contributed by atoms with van der Waals surface area (Å²) < 4.78 is 24.9. The van der Waals surface area contributed by atoms with Crippen LogP contribution in [0.1, 0.15) is 24.4 Å². The van der Waals surface area contributed by atoms with E-state index >= 15 is 0 Å². The van der Waals surface area contributed by atoms with Crippen LogP contribution in [-0.2, 0) is 22.8 Å². The Bertz CT molecular complexity index is 709. The molecule has 0 radical (unpaired) electrons. The van der Waals surface area contributed by atoms with Gasteiger partial charge in [0.25, 0.3) is 0 Å². The summed E-state index contributed by atoms with van der Waals surface area (Å²) in [5, 5.41) is 8.40. The van der Waals surface area contributed by atoms with Crippen LogP contribution in [0.2, 0.25) is 0 Å². The Kier molecular flexibility index (Phi) is 3.47. The molecule has 0 bridgehead atoms. The molecule has 108 valence electrons. The molecule has 20 heavy (non-hydrogen) atoms. The van der Waals surface area contributed by atoms with E-state index in [0.29, 0.717) is 25.3 Å². The number of nitrogens with two attached hydrogens (primary N) is 1. The molecule has 2 aromatic heterocycles. The maximum atomic E-state index is 11.5. The van der Waals surface area contributed by atoms with Crippen molar-refractivity contribution in [3.8, 4) is 0 Å². The number of rotatable bonds is 3. The van der Waals surface area contributed by atoms with Crippen LogP contribution in [0.15, 0.2) is 18.2 Å². The highest BCUT2D eigenvalue weighted by atomic mass is 32.2. The third-order valence-corrected chi connectivity index (χ3v) is 5.65. The van der Waals surface area contributed by atoms with Gasteiger partial charge in [-0.1, -0.05) is 6.07 Å². The molecular formula is C13H18N4O2S. The minimum Gasteiger partial charge on any atom is -0.325 e. The predicted molar refractivity (Wildman–Crippen MR) is 76.0 cm³/mol. The van der Waals surface area contributed by atoms with Gasteiger partial charge in [-0.3, -0.25) is 4.40 Å². The van der Waals surface area contributed by atoms with Gasteiger partial charge in [0.15, 0.2) is 5.65 Å². The van der Waals surface area contributed by atoms with Crippen LogP contribution in [0.4, 0.5) is 0 Å². The number of hydrogen-bond donors (Lipinski definition) is 1. The third kappa shape index (κ3) is 2.55. The summed E-state index contributed by atoms with van der Waals surface area (Å²) >= 11 is 0. The van der Waals surface area contributed by atoms with Crippen molar-refractivity contribution in [2.45, 2.75) is 25.8 Å². The molecule has 0 amide bonds. The molecule has 7 heteroatoms. The summed E-state index contributed by atoms with van der Waals surface area (Å²) in [6.45, 7) is 0.432. The van der Waals surface area contributed by atoms with E-state index in [-0.39, 0.29) is 11.5 Å². The van der Waals surface area contributed by atoms with Crippen molar-refractivity contribution in [3.63, 3.8) is 0 Å². The quantitative estimate of drug-likeness (QED) is 0.893. The molecule has 2 aromatic rings. The van der Waals surface area contributed by atoms with Gasteiger partial charge in [-0.15, -0.1) is 10.2 Å². The van der Waals surface area contributed by atoms with Crippen molar-refractivity contribution in [1.82, 2.24) is 14.6 Å². The highest BCUT2D eigenvalue weighted by Gasteiger charge is 2.25. The van der Waals surface area contributed by atoms with Gasteiger partial charge in [0.2, 0.25) is 0 Å². The number of sulfone groups is 1. The average Bonchev–Trinajstić information content (AvgIpc) is 2.84. The molecule has 0 spiro atoms. The molecular weight excluding hydrogens is 276 g/mol. The molecule has 3 heterocycles. The molecule has 0 unspecified atom stereocenters. The summed E-state index contributed by atoms with van der Waals surface area (Å²) in [4.78, 5) is 0. The van der Waals surface area contributed by atoms with Crippen LogP contribution in [0.3, 0.4) is 0 Å². The molecule has 1 aliphatic rings. The average molecular weight is 294 g/mol. The Hall–Kier alpha value is -1.47. The molecule has 1 fully saturated rings. The van der Waals surface area contributed by atoms with E-state index in [1.807, 2.05) is 22.6 Å². The predicted octanol–water partition coefficient (Wildman–Crippen LogP) is 0.555. The first-order valence-corrected chi connectivity index (χ1v) is 8.63. The summed E-state index contributed by atoms with van der Waals surface area (Å²) in [7, 11) is -2.81. The third-order valence-electron chi connectivity index (χ3n) is 3.93. The SMILES string of the molecule is NCc1cccc2nnc(CC3CCS(=O)(=O)CC3)n12. The smallest absolute Gasteiger partial charge is 0.161 e.